The summed E-state index contributed by atoms with van der Waals surface area (Å²) in [7, 11) is -1.88. The summed E-state index contributed by atoms with van der Waals surface area (Å²) in [5.41, 5.74) is 19.4. The molecule has 2 aliphatic heterocycles. The summed E-state index contributed by atoms with van der Waals surface area (Å²) in [6, 6.07) is 59.2. The van der Waals surface area contributed by atoms with E-state index in [1.807, 2.05) is 0 Å². The number of hydrogen-bond donors (Lipinski definition) is 0. The van der Waals surface area contributed by atoms with Gasteiger partial charge in [0, 0.05) is 33.2 Å². The molecule has 0 radical (unpaired) electrons. The van der Waals surface area contributed by atoms with Crippen LogP contribution in [0, 0.1) is 12.8 Å². The summed E-state index contributed by atoms with van der Waals surface area (Å²) in [5, 5.41) is 3.77. The van der Waals surface area contributed by atoms with Crippen molar-refractivity contribution in [2.75, 3.05) is 0 Å². The molecule has 0 bridgehead atoms. The van der Waals surface area contributed by atoms with Gasteiger partial charge >= 0.3 is 11.5 Å². The minimum atomic E-state index is -1.88. The quantitative estimate of drug-likeness (QED) is 0.121. The summed E-state index contributed by atoms with van der Waals surface area (Å²) in [5.74, 6) is 1.65. The molecule has 0 saturated carbocycles. The summed E-state index contributed by atoms with van der Waals surface area (Å²) in [4.78, 5) is 0. The van der Waals surface area contributed by atoms with Crippen molar-refractivity contribution in [1.82, 2.24) is 4.57 Å². The fourth-order valence-electron chi connectivity index (χ4n) is 11.5. The second-order valence-corrected chi connectivity index (χ2v) is 26.4. The molecule has 66 heavy (non-hydrogen) atoms. The molecule has 5 heteroatoms. The van der Waals surface area contributed by atoms with Crippen molar-refractivity contribution in [2.24, 2.45) is 5.92 Å². The number of rotatable bonds is 6. The van der Waals surface area contributed by atoms with Crippen LogP contribution in [0.1, 0.15) is 62.4 Å². The zero-order valence-corrected chi connectivity index (χ0v) is 40.6. The molecule has 0 N–H and O–H groups in total. The monoisotopic (exact) mass is 875 g/mol. The lowest BCUT2D eigenvalue weighted by atomic mass is 9.82. The van der Waals surface area contributed by atoms with Gasteiger partial charge in [0.15, 0.2) is 22.8 Å². The standard InChI is InChI=1S/C61H57N3OSi/c1-38(2)32-42-34-53-46-29-28-39(3)33-50(46)61(62(53)37-55(42)66(7,8)9)49-31-30-45-44-24-16-19-27-54(44)65-58(45)56(49)59-63(51-25-17-18-26-52(51)64(59)61)57-47(40-20-12-10-13-21-40)35-43(60(4,5)6)36-48(57)41-22-14-11-15-23-41/h10-31,33-38H,32H2,1-9H3/q+2. The van der Waals surface area contributed by atoms with Crippen LogP contribution < -0.4 is 14.3 Å². The van der Waals surface area contributed by atoms with Gasteiger partial charge in [-0.05, 0) is 102 Å². The molecule has 324 valence electrons. The highest BCUT2D eigenvalue weighted by molar-refractivity contribution is 6.89. The molecule has 1 unspecified atom stereocenters. The van der Waals surface area contributed by atoms with E-state index in [4.69, 9.17) is 4.42 Å². The molecular formula is C61H57N3OSi+2. The highest BCUT2D eigenvalue weighted by Gasteiger charge is 2.67. The molecule has 1 atom stereocenters. The predicted octanol–water partition coefficient (Wildman–Crippen LogP) is 14.0. The van der Waals surface area contributed by atoms with Crippen molar-refractivity contribution in [2.45, 2.75) is 78.7 Å². The number of para-hydroxylation sites is 3. The van der Waals surface area contributed by atoms with Gasteiger partial charge in [-0.25, -0.2) is 0 Å². The van der Waals surface area contributed by atoms with E-state index in [9.17, 15) is 0 Å². The SMILES string of the molecule is Cc1ccc2c(c1)C1(c3ccc4c(oc5ccccc54)c3-c3n(-c4c(-c5ccccc5)cc(C(C)(C)C)cc4-c4ccccc4)c4ccccc4[n+]31)[n+]1cc([Si](C)(C)C)c(CC(C)C)cc1-2. The van der Waals surface area contributed by atoms with Gasteiger partial charge in [-0.1, -0.05) is 157 Å². The fourth-order valence-corrected chi connectivity index (χ4v) is 13.2. The van der Waals surface area contributed by atoms with Crippen LogP contribution in [0.3, 0.4) is 0 Å². The van der Waals surface area contributed by atoms with Gasteiger partial charge in [-0.3, -0.25) is 0 Å². The molecule has 7 aromatic carbocycles. The molecule has 4 nitrogen and oxygen atoms in total. The summed E-state index contributed by atoms with van der Waals surface area (Å²) >= 11 is 0. The van der Waals surface area contributed by atoms with E-state index < -0.39 is 13.7 Å². The predicted molar refractivity (Wildman–Crippen MR) is 276 cm³/mol. The maximum absolute atomic E-state index is 7.25. The van der Waals surface area contributed by atoms with Crippen molar-refractivity contribution in [3.8, 4) is 50.6 Å². The largest absolute Gasteiger partial charge is 0.455 e. The normalized spacial score (nSPS) is 15.3. The highest BCUT2D eigenvalue weighted by atomic mass is 28.3. The lowest BCUT2D eigenvalue weighted by molar-refractivity contribution is -0.944. The number of aromatic nitrogens is 3. The number of benzene rings is 7. The minimum absolute atomic E-state index is 0.105. The van der Waals surface area contributed by atoms with Crippen LogP contribution in [0.5, 0.6) is 0 Å². The van der Waals surface area contributed by atoms with Crippen LogP contribution >= 0.6 is 0 Å². The van der Waals surface area contributed by atoms with E-state index >= 15 is 0 Å². The third-order valence-electron chi connectivity index (χ3n) is 14.4. The Morgan fingerprint density at radius 1 is 0.667 bits per heavy atom. The number of imidazole rings is 1. The van der Waals surface area contributed by atoms with E-state index in [1.165, 1.54) is 72.0 Å². The Labute approximate surface area is 389 Å². The molecule has 0 amide bonds. The first-order valence-corrected chi connectivity index (χ1v) is 27.3. The fraction of sp³-hybridized carbons (Fsp3) is 0.213. The van der Waals surface area contributed by atoms with Gasteiger partial charge in [0.05, 0.1) is 24.8 Å². The van der Waals surface area contributed by atoms with Crippen LogP contribution in [0.15, 0.2) is 168 Å². The molecule has 12 rings (SSSR count). The third kappa shape index (κ3) is 5.75. The van der Waals surface area contributed by atoms with Crippen molar-refractivity contribution in [3.63, 3.8) is 0 Å². The number of aryl methyl sites for hydroxylation is 1. The number of nitrogens with zero attached hydrogens (tertiary/aromatic N) is 3. The smallest absolute Gasteiger partial charge is 0.364 e. The van der Waals surface area contributed by atoms with Crippen molar-refractivity contribution in [1.29, 1.82) is 0 Å². The highest BCUT2D eigenvalue weighted by Crippen LogP contribution is 2.54. The van der Waals surface area contributed by atoms with Crippen molar-refractivity contribution >= 4 is 46.2 Å². The lowest BCUT2D eigenvalue weighted by Gasteiger charge is -2.24. The third-order valence-corrected chi connectivity index (χ3v) is 16.5. The van der Waals surface area contributed by atoms with Gasteiger partial charge in [-0.15, -0.1) is 9.13 Å². The van der Waals surface area contributed by atoms with Crippen LogP contribution in [0.4, 0.5) is 0 Å². The van der Waals surface area contributed by atoms with Crippen LogP contribution in [-0.4, -0.2) is 12.6 Å². The first-order chi connectivity index (χ1) is 31.7. The molecule has 1 spiro atoms. The Bertz CT molecular complexity index is 3560. The topological polar surface area (TPSA) is 25.8 Å². The minimum Gasteiger partial charge on any atom is -0.455 e. The van der Waals surface area contributed by atoms with Gasteiger partial charge in [0.2, 0.25) is 5.69 Å². The molecule has 0 saturated heterocycles. The second kappa shape index (κ2) is 14.3. The van der Waals surface area contributed by atoms with Crippen LogP contribution in [-0.2, 0) is 17.5 Å². The Morgan fingerprint density at radius 3 is 1.98 bits per heavy atom. The molecule has 5 heterocycles. The first-order valence-electron chi connectivity index (χ1n) is 23.8. The van der Waals surface area contributed by atoms with E-state index in [2.05, 4.69) is 239 Å². The molecule has 0 aliphatic carbocycles. The second-order valence-electron chi connectivity index (χ2n) is 21.4. The van der Waals surface area contributed by atoms with Crippen molar-refractivity contribution in [3.05, 3.63) is 192 Å². The molecule has 3 aromatic heterocycles. The number of furan rings is 1. The average molecular weight is 876 g/mol. The number of pyridine rings is 1. The van der Waals surface area contributed by atoms with Gasteiger partial charge in [0.1, 0.15) is 16.8 Å². The summed E-state index contributed by atoms with van der Waals surface area (Å²) < 4.78 is 15.3. The van der Waals surface area contributed by atoms with E-state index in [0.29, 0.717) is 5.92 Å². The van der Waals surface area contributed by atoms with Crippen molar-refractivity contribution < 1.29 is 13.6 Å². The Kier molecular flexibility index (Phi) is 8.83. The van der Waals surface area contributed by atoms with Gasteiger partial charge < -0.3 is 4.42 Å². The van der Waals surface area contributed by atoms with Crippen LogP contribution in [0.2, 0.25) is 19.6 Å². The molecule has 10 aromatic rings. The number of hydrogen-bond acceptors (Lipinski definition) is 1. The number of fused-ring (bicyclic) bond motifs is 16. The Balaban J connectivity index is 1.34. The van der Waals surface area contributed by atoms with E-state index in [-0.39, 0.29) is 5.41 Å². The molecule has 0 fully saturated rings. The van der Waals surface area contributed by atoms with Gasteiger partial charge in [0.25, 0.3) is 0 Å². The zero-order chi connectivity index (χ0) is 45.4. The maximum Gasteiger partial charge on any atom is 0.364 e. The Morgan fingerprint density at radius 2 is 1.32 bits per heavy atom. The van der Waals surface area contributed by atoms with E-state index in [0.717, 1.165) is 51.0 Å². The molecular weight excluding hydrogens is 819 g/mol. The lowest BCUT2D eigenvalue weighted by Crippen LogP contribution is -2.72. The summed E-state index contributed by atoms with van der Waals surface area (Å²) in [6.07, 6.45) is 3.64. The van der Waals surface area contributed by atoms with Crippen LogP contribution in [0.25, 0.3) is 83.6 Å². The Hall–Kier alpha value is -6.82. The van der Waals surface area contributed by atoms with E-state index in [1.54, 1.807) is 0 Å². The zero-order valence-electron chi connectivity index (χ0n) is 39.6. The molecule has 2 aliphatic rings. The average Bonchev–Trinajstić information content (AvgIpc) is 4.01. The maximum atomic E-state index is 7.25. The van der Waals surface area contributed by atoms with Gasteiger partial charge in [-0.2, -0.15) is 4.57 Å². The summed E-state index contributed by atoms with van der Waals surface area (Å²) in [6.45, 7) is 21.5. The first kappa shape index (κ1) is 40.7.